The van der Waals surface area contributed by atoms with Crippen LogP contribution in [0.25, 0.3) is 11.0 Å². The summed E-state index contributed by atoms with van der Waals surface area (Å²) in [5.74, 6) is 0.0361. The molecule has 0 aliphatic rings. The van der Waals surface area contributed by atoms with Gasteiger partial charge in [0.25, 0.3) is 0 Å². The van der Waals surface area contributed by atoms with Crippen molar-refractivity contribution in [1.82, 2.24) is 0 Å². The highest BCUT2D eigenvalue weighted by Crippen LogP contribution is 2.31. The zero-order valence-corrected chi connectivity index (χ0v) is 11.1. The summed E-state index contributed by atoms with van der Waals surface area (Å²) in [6, 6.07) is 12.4. The van der Waals surface area contributed by atoms with Crippen LogP contribution in [0.2, 0.25) is 0 Å². The van der Waals surface area contributed by atoms with Gasteiger partial charge in [-0.1, -0.05) is 18.2 Å². The van der Waals surface area contributed by atoms with Crippen LogP contribution in [0.5, 0.6) is 11.5 Å². The second kappa shape index (κ2) is 5.22. The molecule has 112 valence electrons. The lowest BCUT2D eigenvalue weighted by atomic mass is 10.2. The molecule has 0 spiro atoms. The monoisotopic (exact) mass is 306 g/mol. The molecular weight excluding hydrogens is 297 g/mol. The lowest BCUT2D eigenvalue weighted by Gasteiger charge is -2.08. The summed E-state index contributed by atoms with van der Waals surface area (Å²) in [5, 5.41) is 0.656. The van der Waals surface area contributed by atoms with Crippen molar-refractivity contribution in [1.29, 1.82) is 0 Å². The fourth-order valence-corrected chi connectivity index (χ4v) is 1.95. The Kier molecular flexibility index (Phi) is 3.36. The van der Waals surface area contributed by atoms with E-state index in [-0.39, 0.29) is 11.5 Å². The van der Waals surface area contributed by atoms with E-state index in [4.69, 9.17) is 9.15 Å². The Bertz CT molecular complexity index is 864. The Morgan fingerprint density at radius 2 is 1.64 bits per heavy atom. The molecule has 0 saturated carbocycles. The molecule has 0 atom stereocenters. The molecule has 0 saturated heterocycles. The molecule has 3 nitrogen and oxygen atoms in total. The summed E-state index contributed by atoms with van der Waals surface area (Å²) < 4.78 is 47.8. The third-order valence-corrected chi connectivity index (χ3v) is 3.02. The van der Waals surface area contributed by atoms with E-state index >= 15 is 0 Å². The molecule has 0 radical (unpaired) electrons. The van der Waals surface area contributed by atoms with Crippen molar-refractivity contribution in [2.24, 2.45) is 0 Å². The molecular formula is C16H9F3O3. The maximum atomic E-state index is 12.5. The molecule has 3 rings (SSSR count). The Labute approximate surface area is 122 Å². The Hall–Kier alpha value is -2.76. The van der Waals surface area contributed by atoms with Crippen molar-refractivity contribution in [3.05, 3.63) is 70.6 Å². The van der Waals surface area contributed by atoms with Gasteiger partial charge in [0.05, 0.1) is 5.56 Å². The second-order valence-electron chi connectivity index (χ2n) is 4.56. The zero-order valence-electron chi connectivity index (χ0n) is 11.1. The summed E-state index contributed by atoms with van der Waals surface area (Å²) in [5.41, 5.74) is -1.07. The molecule has 0 bridgehead atoms. The fraction of sp³-hybridized carbons (Fsp3) is 0.0625. The van der Waals surface area contributed by atoms with Gasteiger partial charge in [0, 0.05) is 5.39 Å². The molecule has 0 unspecified atom stereocenters. The summed E-state index contributed by atoms with van der Waals surface area (Å²) in [4.78, 5) is 11.8. The standard InChI is InChI=1S/C16H9F3O3/c17-16(18,19)11-5-7-12(8-6-11)21-14-9-10-3-1-2-4-13(10)22-15(14)20/h1-9H. The average Bonchev–Trinajstić information content (AvgIpc) is 2.48. The quantitative estimate of drug-likeness (QED) is 0.649. The number of fused-ring (bicyclic) bond motifs is 1. The summed E-state index contributed by atoms with van der Waals surface area (Å²) >= 11 is 0. The lowest BCUT2D eigenvalue weighted by Crippen LogP contribution is -2.05. The van der Waals surface area contributed by atoms with Crippen LogP contribution in [0.1, 0.15) is 5.56 Å². The maximum absolute atomic E-state index is 12.5. The van der Waals surface area contributed by atoms with E-state index in [9.17, 15) is 18.0 Å². The number of ether oxygens (including phenoxy) is 1. The van der Waals surface area contributed by atoms with E-state index in [2.05, 4.69) is 0 Å². The van der Waals surface area contributed by atoms with Crippen molar-refractivity contribution in [2.45, 2.75) is 6.18 Å². The van der Waals surface area contributed by atoms with Gasteiger partial charge in [-0.05, 0) is 36.4 Å². The van der Waals surface area contributed by atoms with Gasteiger partial charge >= 0.3 is 11.8 Å². The van der Waals surface area contributed by atoms with Crippen LogP contribution < -0.4 is 10.4 Å². The summed E-state index contributed by atoms with van der Waals surface area (Å²) in [6.45, 7) is 0. The lowest BCUT2D eigenvalue weighted by molar-refractivity contribution is -0.137. The molecule has 0 aliphatic heterocycles. The molecule has 6 heteroatoms. The van der Waals surface area contributed by atoms with Gasteiger partial charge in [-0.3, -0.25) is 0 Å². The first kappa shape index (κ1) is 14.2. The Morgan fingerprint density at radius 3 is 2.32 bits per heavy atom. The summed E-state index contributed by atoms with van der Waals surface area (Å²) in [6.07, 6.45) is -4.42. The molecule has 1 aromatic heterocycles. The molecule has 0 fully saturated rings. The maximum Gasteiger partial charge on any atom is 0.416 e. The number of alkyl halides is 3. The molecule has 0 N–H and O–H groups in total. The second-order valence-corrected chi connectivity index (χ2v) is 4.56. The van der Waals surface area contributed by atoms with Crippen molar-refractivity contribution in [3.8, 4) is 11.5 Å². The third-order valence-electron chi connectivity index (χ3n) is 3.02. The first-order chi connectivity index (χ1) is 10.4. The molecule has 3 aromatic rings. The van der Waals surface area contributed by atoms with Gasteiger partial charge in [-0.2, -0.15) is 13.2 Å². The van der Waals surface area contributed by atoms with E-state index in [1.807, 2.05) is 0 Å². The van der Waals surface area contributed by atoms with Crippen molar-refractivity contribution < 1.29 is 22.3 Å². The number of rotatable bonds is 2. The fourth-order valence-electron chi connectivity index (χ4n) is 1.95. The van der Waals surface area contributed by atoms with Gasteiger partial charge in [0.2, 0.25) is 5.75 Å². The van der Waals surface area contributed by atoms with Crippen LogP contribution in [0, 0.1) is 0 Å². The van der Waals surface area contributed by atoms with Crippen molar-refractivity contribution in [2.75, 3.05) is 0 Å². The van der Waals surface area contributed by atoms with E-state index < -0.39 is 17.4 Å². The average molecular weight is 306 g/mol. The minimum atomic E-state index is -4.42. The number of hydrogen-bond donors (Lipinski definition) is 0. The minimum absolute atomic E-state index is 0.0848. The predicted octanol–water partition coefficient (Wildman–Crippen LogP) is 4.60. The highest BCUT2D eigenvalue weighted by Gasteiger charge is 2.30. The Balaban J connectivity index is 1.93. The van der Waals surface area contributed by atoms with E-state index in [0.29, 0.717) is 11.0 Å². The molecule has 0 amide bonds. The first-order valence-electron chi connectivity index (χ1n) is 6.31. The molecule has 0 aliphatic carbocycles. The van der Waals surface area contributed by atoms with E-state index in [0.717, 1.165) is 24.3 Å². The smallest absolute Gasteiger partial charge is 0.416 e. The SMILES string of the molecule is O=c1oc2ccccc2cc1Oc1ccc(C(F)(F)F)cc1. The molecule has 1 heterocycles. The normalized spacial score (nSPS) is 11.6. The van der Waals surface area contributed by atoms with E-state index in [1.165, 1.54) is 6.07 Å². The van der Waals surface area contributed by atoms with Gasteiger partial charge in [0.1, 0.15) is 11.3 Å². The predicted molar refractivity (Wildman–Crippen MR) is 74.0 cm³/mol. The highest BCUT2D eigenvalue weighted by atomic mass is 19.4. The van der Waals surface area contributed by atoms with Crippen LogP contribution >= 0.6 is 0 Å². The number of benzene rings is 2. The Morgan fingerprint density at radius 1 is 0.955 bits per heavy atom. The van der Waals surface area contributed by atoms with Crippen molar-refractivity contribution >= 4 is 11.0 Å². The first-order valence-corrected chi connectivity index (χ1v) is 6.31. The van der Waals surface area contributed by atoms with Crippen LogP contribution in [0.3, 0.4) is 0 Å². The largest absolute Gasteiger partial charge is 0.450 e. The van der Waals surface area contributed by atoms with Crippen LogP contribution in [-0.2, 0) is 6.18 Å². The van der Waals surface area contributed by atoms with Gasteiger partial charge in [0.15, 0.2) is 0 Å². The number of para-hydroxylation sites is 1. The number of hydrogen-bond acceptors (Lipinski definition) is 3. The van der Waals surface area contributed by atoms with Crippen LogP contribution in [0.15, 0.2) is 63.8 Å². The van der Waals surface area contributed by atoms with Gasteiger partial charge < -0.3 is 9.15 Å². The zero-order chi connectivity index (χ0) is 15.7. The van der Waals surface area contributed by atoms with Crippen LogP contribution in [0.4, 0.5) is 13.2 Å². The van der Waals surface area contributed by atoms with E-state index in [1.54, 1.807) is 24.3 Å². The summed E-state index contributed by atoms with van der Waals surface area (Å²) in [7, 11) is 0. The third kappa shape index (κ3) is 2.81. The molecule has 22 heavy (non-hydrogen) atoms. The highest BCUT2D eigenvalue weighted by molar-refractivity contribution is 5.77. The van der Waals surface area contributed by atoms with Gasteiger partial charge in [-0.15, -0.1) is 0 Å². The topological polar surface area (TPSA) is 39.4 Å². The minimum Gasteiger partial charge on any atom is -0.450 e. The van der Waals surface area contributed by atoms with Crippen molar-refractivity contribution in [3.63, 3.8) is 0 Å². The van der Waals surface area contributed by atoms with Gasteiger partial charge in [-0.25, -0.2) is 4.79 Å². The molecule has 2 aromatic carbocycles. The van der Waals surface area contributed by atoms with Crippen LogP contribution in [-0.4, -0.2) is 0 Å². The number of halogens is 3.